The molecule has 1 aromatic heterocycles. The normalized spacial score (nSPS) is 10.8. The van der Waals surface area contributed by atoms with Gasteiger partial charge in [0.05, 0.1) is 22.5 Å². The van der Waals surface area contributed by atoms with Crippen LogP contribution in [0, 0.1) is 11.6 Å². The Morgan fingerprint density at radius 3 is 2.69 bits per heavy atom. The first-order valence-electron chi connectivity index (χ1n) is 7.57. The molecule has 0 atom stereocenters. The van der Waals surface area contributed by atoms with Gasteiger partial charge in [0.1, 0.15) is 11.6 Å². The van der Waals surface area contributed by atoms with Crippen molar-refractivity contribution in [1.82, 2.24) is 4.98 Å². The molecule has 0 aliphatic carbocycles. The fourth-order valence-electron chi connectivity index (χ4n) is 2.26. The van der Waals surface area contributed by atoms with Crippen LogP contribution in [0.25, 0.3) is 11.3 Å². The lowest BCUT2D eigenvalue weighted by molar-refractivity contribution is -0.116. The number of amides is 1. The van der Waals surface area contributed by atoms with E-state index >= 15 is 0 Å². The molecule has 3 aromatic rings. The van der Waals surface area contributed by atoms with Crippen LogP contribution in [-0.2, 0) is 11.2 Å². The van der Waals surface area contributed by atoms with Crippen molar-refractivity contribution in [3.05, 3.63) is 70.2 Å². The molecule has 0 aliphatic heterocycles. The highest BCUT2D eigenvalue weighted by molar-refractivity contribution is 6.36. The Bertz CT molecular complexity index is 960. The lowest BCUT2D eigenvalue weighted by Gasteiger charge is -2.06. The summed E-state index contributed by atoms with van der Waals surface area (Å²) in [6.07, 6.45) is 1.63. The van der Waals surface area contributed by atoms with E-state index in [1.165, 1.54) is 18.3 Å². The summed E-state index contributed by atoms with van der Waals surface area (Å²) < 4.78 is 32.1. The van der Waals surface area contributed by atoms with Crippen molar-refractivity contribution in [2.24, 2.45) is 0 Å². The van der Waals surface area contributed by atoms with E-state index in [2.05, 4.69) is 10.3 Å². The van der Waals surface area contributed by atoms with Gasteiger partial charge in [-0.15, -0.1) is 0 Å². The molecule has 1 N–H and O–H groups in total. The Kier molecular flexibility index (Phi) is 5.54. The quantitative estimate of drug-likeness (QED) is 0.619. The van der Waals surface area contributed by atoms with E-state index in [9.17, 15) is 13.6 Å². The first-order chi connectivity index (χ1) is 12.4. The minimum atomic E-state index is -0.747. The molecule has 8 heteroatoms. The SMILES string of the molecule is O=C(CCc1ncc(-c2ccc(F)cc2F)o1)Nc1ccc(Cl)cc1Cl. The van der Waals surface area contributed by atoms with Crippen molar-refractivity contribution in [3.63, 3.8) is 0 Å². The Morgan fingerprint density at radius 2 is 1.96 bits per heavy atom. The Balaban J connectivity index is 1.61. The predicted molar refractivity (Wildman–Crippen MR) is 95.3 cm³/mol. The van der Waals surface area contributed by atoms with Crippen LogP contribution in [0.15, 0.2) is 47.0 Å². The topological polar surface area (TPSA) is 55.1 Å². The van der Waals surface area contributed by atoms with Crippen molar-refractivity contribution in [1.29, 1.82) is 0 Å². The second-order valence-corrected chi connectivity index (χ2v) is 6.26. The molecule has 0 saturated heterocycles. The molecule has 0 unspecified atom stereocenters. The fourth-order valence-corrected chi connectivity index (χ4v) is 2.72. The Morgan fingerprint density at radius 1 is 1.15 bits per heavy atom. The summed E-state index contributed by atoms with van der Waals surface area (Å²) in [5.74, 6) is -1.28. The molecule has 0 spiro atoms. The van der Waals surface area contributed by atoms with E-state index in [1.807, 2.05) is 0 Å². The van der Waals surface area contributed by atoms with E-state index in [-0.39, 0.29) is 36.0 Å². The molecule has 1 amide bonds. The minimum absolute atomic E-state index is 0.0881. The van der Waals surface area contributed by atoms with Crippen LogP contribution in [0.2, 0.25) is 10.0 Å². The molecule has 0 bridgehead atoms. The van der Waals surface area contributed by atoms with Crippen LogP contribution in [0.1, 0.15) is 12.3 Å². The maximum Gasteiger partial charge on any atom is 0.224 e. The van der Waals surface area contributed by atoms with Crippen LogP contribution in [0.3, 0.4) is 0 Å². The summed E-state index contributed by atoms with van der Waals surface area (Å²) in [4.78, 5) is 16.0. The number of halogens is 4. The third kappa shape index (κ3) is 4.39. The lowest BCUT2D eigenvalue weighted by atomic mass is 10.2. The Labute approximate surface area is 157 Å². The van der Waals surface area contributed by atoms with Crippen molar-refractivity contribution < 1.29 is 18.0 Å². The Hall–Kier alpha value is -2.44. The monoisotopic (exact) mass is 396 g/mol. The number of nitrogens with one attached hydrogen (secondary N) is 1. The second kappa shape index (κ2) is 7.85. The summed E-state index contributed by atoms with van der Waals surface area (Å²) in [6, 6.07) is 7.90. The molecular weight excluding hydrogens is 385 g/mol. The number of hydrogen-bond acceptors (Lipinski definition) is 3. The van der Waals surface area contributed by atoms with Gasteiger partial charge in [-0.1, -0.05) is 23.2 Å². The number of benzene rings is 2. The highest BCUT2D eigenvalue weighted by Gasteiger charge is 2.13. The predicted octanol–water partition coefficient (Wildman–Crippen LogP) is 5.50. The largest absolute Gasteiger partial charge is 0.441 e. The first-order valence-corrected chi connectivity index (χ1v) is 8.33. The molecular formula is C18H12Cl2F2N2O2. The van der Waals surface area contributed by atoms with Crippen LogP contribution < -0.4 is 5.32 Å². The number of hydrogen-bond donors (Lipinski definition) is 1. The van der Waals surface area contributed by atoms with Crippen LogP contribution in [0.4, 0.5) is 14.5 Å². The zero-order valence-corrected chi connectivity index (χ0v) is 14.7. The number of carbonyl (C=O) groups is 1. The maximum atomic E-state index is 13.8. The smallest absolute Gasteiger partial charge is 0.224 e. The van der Waals surface area contributed by atoms with Crippen molar-refractivity contribution in [2.45, 2.75) is 12.8 Å². The van der Waals surface area contributed by atoms with E-state index < -0.39 is 11.6 Å². The van der Waals surface area contributed by atoms with Gasteiger partial charge in [-0.3, -0.25) is 4.79 Å². The van der Waals surface area contributed by atoms with Gasteiger partial charge in [0.15, 0.2) is 11.7 Å². The van der Waals surface area contributed by atoms with Crippen molar-refractivity contribution in [2.75, 3.05) is 5.32 Å². The minimum Gasteiger partial charge on any atom is -0.441 e. The van der Waals surface area contributed by atoms with E-state index in [0.29, 0.717) is 15.7 Å². The highest BCUT2D eigenvalue weighted by atomic mass is 35.5. The molecule has 134 valence electrons. The number of aryl methyl sites for hydroxylation is 1. The lowest BCUT2D eigenvalue weighted by Crippen LogP contribution is -2.12. The van der Waals surface area contributed by atoms with Crippen LogP contribution in [-0.4, -0.2) is 10.9 Å². The third-order valence-electron chi connectivity index (χ3n) is 3.52. The molecule has 3 rings (SSSR count). The van der Waals surface area contributed by atoms with Gasteiger partial charge in [0.2, 0.25) is 5.91 Å². The number of anilines is 1. The summed E-state index contributed by atoms with van der Waals surface area (Å²) in [5.41, 5.74) is 0.546. The van der Waals surface area contributed by atoms with Crippen LogP contribution >= 0.6 is 23.2 Å². The number of carbonyl (C=O) groups excluding carboxylic acids is 1. The molecule has 0 saturated carbocycles. The summed E-state index contributed by atoms with van der Waals surface area (Å²) in [5, 5.41) is 3.46. The molecule has 0 fully saturated rings. The standard InChI is InChI=1S/C18H12Cl2F2N2O2/c19-10-1-4-15(13(20)7-10)24-17(25)5-6-18-23-9-16(26-18)12-3-2-11(21)8-14(12)22/h1-4,7-9H,5-6H2,(H,24,25). The van der Waals surface area contributed by atoms with E-state index in [1.54, 1.807) is 12.1 Å². The highest BCUT2D eigenvalue weighted by Crippen LogP contribution is 2.26. The van der Waals surface area contributed by atoms with Crippen molar-refractivity contribution in [3.8, 4) is 11.3 Å². The maximum absolute atomic E-state index is 13.8. The summed E-state index contributed by atoms with van der Waals surface area (Å²) in [6.45, 7) is 0. The zero-order valence-electron chi connectivity index (χ0n) is 13.2. The second-order valence-electron chi connectivity index (χ2n) is 5.41. The molecule has 4 nitrogen and oxygen atoms in total. The zero-order chi connectivity index (χ0) is 18.7. The first kappa shape index (κ1) is 18.4. The van der Waals surface area contributed by atoms with Gasteiger partial charge >= 0.3 is 0 Å². The average molecular weight is 397 g/mol. The summed E-state index contributed by atoms with van der Waals surface area (Å²) >= 11 is 11.8. The molecule has 26 heavy (non-hydrogen) atoms. The van der Waals surface area contributed by atoms with Crippen LogP contribution in [0.5, 0.6) is 0 Å². The number of aromatic nitrogens is 1. The number of nitrogens with zero attached hydrogens (tertiary/aromatic N) is 1. The van der Waals surface area contributed by atoms with Crippen molar-refractivity contribution >= 4 is 34.8 Å². The molecule has 2 aromatic carbocycles. The van der Waals surface area contributed by atoms with Gasteiger partial charge in [-0.25, -0.2) is 13.8 Å². The summed E-state index contributed by atoms with van der Waals surface area (Å²) in [7, 11) is 0. The third-order valence-corrected chi connectivity index (χ3v) is 4.07. The molecule has 0 aliphatic rings. The van der Waals surface area contributed by atoms with E-state index in [4.69, 9.17) is 27.6 Å². The van der Waals surface area contributed by atoms with E-state index in [0.717, 1.165) is 12.1 Å². The van der Waals surface area contributed by atoms with Gasteiger partial charge in [-0.2, -0.15) is 0 Å². The van der Waals surface area contributed by atoms with Gasteiger partial charge < -0.3 is 9.73 Å². The van der Waals surface area contributed by atoms with Gasteiger partial charge in [0, 0.05) is 23.9 Å². The van der Waals surface area contributed by atoms with Gasteiger partial charge in [-0.05, 0) is 30.3 Å². The molecule has 0 radical (unpaired) electrons. The fraction of sp³-hybridized carbons (Fsp3) is 0.111. The van der Waals surface area contributed by atoms with Gasteiger partial charge in [0.25, 0.3) is 0 Å². The number of oxazole rings is 1. The number of rotatable bonds is 5. The average Bonchev–Trinajstić information content (AvgIpc) is 3.04. The molecule has 1 heterocycles.